The van der Waals surface area contributed by atoms with E-state index in [1.807, 2.05) is 47.0 Å². The number of nitriles is 1. The predicted octanol–water partition coefficient (Wildman–Crippen LogP) is 3.00. The molecule has 0 radical (unpaired) electrons. The maximum atomic E-state index is 8.87. The van der Waals surface area contributed by atoms with Gasteiger partial charge in [0.25, 0.3) is 0 Å². The summed E-state index contributed by atoms with van der Waals surface area (Å²) in [7, 11) is 0. The molecule has 0 aliphatic carbocycles. The first kappa shape index (κ1) is 12.4. The number of rotatable bonds is 1. The summed E-state index contributed by atoms with van der Waals surface area (Å²) in [6, 6.07) is 17.2. The lowest BCUT2D eigenvalue weighted by atomic mass is 10.1. The first-order valence-electron chi connectivity index (χ1n) is 6.80. The molecule has 4 rings (SSSR count). The largest absolute Gasteiger partial charge is 0.381 e. The third-order valence-electron chi connectivity index (χ3n) is 3.63. The van der Waals surface area contributed by atoms with Gasteiger partial charge < -0.3 is 5.73 Å². The Kier molecular flexibility index (Phi) is 2.57. The van der Waals surface area contributed by atoms with Gasteiger partial charge in [-0.1, -0.05) is 24.3 Å². The summed E-state index contributed by atoms with van der Waals surface area (Å²) in [5, 5.41) is 8.87. The zero-order valence-electron chi connectivity index (χ0n) is 11.6. The van der Waals surface area contributed by atoms with Gasteiger partial charge in [0.2, 0.25) is 0 Å². The lowest BCUT2D eigenvalue weighted by Crippen LogP contribution is -1.97. The number of benzene rings is 2. The molecule has 0 amide bonds. The minimum atomic E-state index is 0.401. The molecule has 2 aromatic heterocycles. The van der Waals surface area contributed by atoms with Gasteiger partial charge in [0.1, 0.15) is 0 Å². The van der Waals surface area contributed by atoms with Crippen LogP contribution in [0.3, 0.4) is 0 Å². The van der Waals surface area contributed by atoms with Crippen LogP contribution in [0.15, 0.2) is 54.7 Å². The molecule has 2 heterocycles. The van der Waals surface area contributed by atoms with Crippen LogP contribution in [0.4, 0.5) is 5.82 Å². The Morgan fingerprint density at radius 3 is 2.55 bits per heavy atom. The molecule has 22 heavy (non-hydrogen) atoms. The van der Waals surface area contributed by atoms with E-state index in [0.29, 0.717) is 17.0 Å². The molecule has 0 unspecified atom stereocenters. The molecule has 2 aromatic carbocycles. The lowest BCUT2D eigenvalue weighted by molar-refractivity contribution is 1.21. The van der Waals surface area contributed by atoms with Gasteiger partial charge in [0.05, 0.1) is 28.4 Å². The Morgan fingerprint density at radius 1 is 1.00 bits per heavy atom. The Balaban J connectivity index is 1.98. The molecule has 0 fully saturated rings. The van der Waals surface area contributed by atoms with E-state index < -0.39 is 0 Å². The fourth-order valence-corrected chi connectivity index (χ4v) is 2.54. The van der Waals surface area contributed by atoms with E-state index in [4.69, 9.17) is 11.0 Å². The summed E-state index contributed by atoms with van der Waals surface area (Å²) >= 11 is 0. The molecule has 0 aliphatic heterocycles. The number of anilines is 1. The summed E-state index contributed by atoms with van der Waals surface area (Å²) < 4.78 is 1.95. The van der Waals surface area contributed by atoms with Gasteiger partial charge in [-0.05, 0) is 24.3 Å². The molecule has 5 heteroatoms. The molecular weight excluding hydrogens is 274 g/mol. The predicted molar refractivity (Wildman–Crippen MR) is 85.1 cm³/mol. The van der Waals surface area contributed by atoms with Gasteiger partial charge in [0.15, 0.2) is 11.5 Å². The normalized spacial score (nSPS) is 10.9. The van der Waals surface area contributed by atoms with Crippen molar-refractivity contribution in [3.8, 4) is 17.3 Å². The minimum absolute atomic E-state index is 0.401. The number of aromatic nitrogens is 3. The van der Waals surface area contributed by atoms with Crippen LogP contribution in [-0.4, -0.2) is 14.4 Å². The van der Waals surface area contributed by atoms with Crippen LogP contribution in [-0.2, 0) is 0 Å². The average molecular weight is 285 g/mol. The second kappa shape index (κ2) is 4.57. The van der Waals surface area contributed by atoms with Crippen LogP contribution in [0, 0.1) is 11.3 Å². The molecule has 4 aromatic rings. The van der Waals surface area contributed by atoms with Gasteiger partial charge in [-0.15, -0.1) is 0 Å². The van der Waals surface area contributed by atoms with Crippen molar-refractivity contribution in [1.29, 1.82) is 5.26 Å². The second-order valence-corrected chi connectivity index (χ2v) is 4.99. The number of nitrogens with zero attached hydrogens (tertiary/aromatic N) is 4. The van der Waals surface area contributed by atoms with Gasteiger partial charge >= 0.3 is 0 Å². The summed E-state index contributed by atoms with van der Waals surface area (Å²) in [6.45, 7) is 0. The summed E-state index contributed by atoms with van der Waals surface area (Å²) in [5.41, 5.74) is 10.8. The number of nitrogens with two attached hydrogens (primary N) is 1. The third-order valence-corrected chi connectivity index (χ3v) is 3.63. The number of imidazole rings is 1. The van der Waals surface area contributed by atoms with E-state index in [1.54, 1.807) is 12.1 Å². The number of nitrogen functional groups attached to an aromatic ring is 1. The monoisotopic (exact) mass is 285 g/mol. The molecule has 0 aliphatic rings. The van der Waals surface area contributed by atoms with Crippen molar-refractivity contribution in [1.82, 2.24) is 14.4 Å². The fraction of sp³-hybridized carbons (Fsp3) is 0. The summed E-state index contributed by atoms with van der Waals surface area (Å²) in [4.78, 5) is 8.97. The van der Waals surface area contributed by atoms with Crippen LogP contribution in [0.5, 0.6) is 0 Å². The summed E-state index contributed by atoms with van der Waals surface area (Å²) in [6.07, 6.45) is 1.94. The molecule has 0 saturated carbocycles. The highest BCUT2D eigenvalue weighted by atomic mass is 15.1. The number of hydrogen-bond acceptors (Lipinski definition) is 4. The van der Waals surface area contributed by atoms with Crippen molar-refractivity contribution in [2.75, 3.05) is 5.73 Å². The Labute approximate surface area is 126 Å². The van der Waals surface area contributed by atoms with E-state index in [9.17, 15) is 0 Å². The highest BCUT2D eigenvalue weighted by Gasteiger charge is 2.11. The molecule has 0 atom stereocenters. The quantitative estimate of drug-likeness (QED) is 0.583. The van der Waals surface area contributed by atoms with Crippen molar-refractivity contribution in [3.63, 3.8) is 0 Å². The van der Waals surface area contributed by atoms with Crippen LogP contribution in [0.25, 0.3) is 27.9 Å². The van der Waals surface area contributed by atoms with Gasteiger partial charge in [0, 0.05) is 11.8 Å². The molecule has 5 nitrogen and oxygen atoms in total. The molecule has 2 N–H and O–H groups in total. The Bertz CT molecular complexity index is 1040. The SMILES string of the molecule is N#Cc1ccc(-c2cn3c(n2)c(N)nc2ccccc23)cc1. The molecular formula is C17H11N5. The minimum Gasteiger partial charge on any atom is -0.381 e. The zero-order valence-corrected chi connectivity index (χ0v) is 11.6. The van der Waals surface area contributed by atoms with Crippen molar-refractivity contribution >= 4 is 22.5 Å². The third kappa shape index (κ3) is 1.79. The zero-order chi connectivity index (χ0) is 15.1. The van der Waals surface area contributed by atoms with Gasteiger partial charge in [-0.2, -0.15) is 5.26 Å². The maximum absolute atomic E-state index is 8.87. The van der Waals surface area contributed by atoms with E-state index in [2.05, 4.69) is 16.0 Å². The van der Waals surface area contributed by atoms with Crippen molar-refractivity contribution in [3.05, 3.63) is 60.3 Å². The Morgan fingerprint density at radius 2 is 1.77 bits per heavy atom. The van der Waals surface area contributed by atoms with Crippen LogP contribution >= 0.6 is 0 Å². The first-order valence-corrected chi connectivity index (χ1v) is 6.80. The molecule has 104 valence electrons. The van der Waals surface area contributed by atoms with Crippen LogP contribution in [0.2, 0.25) is 0 Å². The fourth-order valence-electron chi connectivity index (χ4n) is 2.54. The summed E-state index contributed by atoms with van der Waals surface area (Å²) in [5.74, 6) is 0.401. The van der Waals surface area contributed by atoms with Crippen molar-refractivity contribution in [2.45, 2.75) is 0 Å². The number of para-hydroxylation sites is 2. The van der Waals surface area contributed by atoms with E-state index in [0.717, 1.165) is 22.3 Å². The number of fused-ring (bicyclic) bond motifs is 3. The smallest absolute Gasteiger partial charge is 0.180 e. The highest BCUT2D eigenvalue weighted by Crippen LogP contribution is 2.25. The standard InChI is InChI=1S/C17H11N5/c18-9-11-5-7-12(8-6-11)14-10-22-15-4-2-1-3-13(15)20-16(19)17(22)21-14/h1-8,10H,(H2,19,20). The topological polar surface area (TPSA) is 80.0 Å². The lowest BCUT2D eigenvalue weighted by Gasteiger charge is -2.02. The van der Waals surface area contributed by atoms with Gasteiger partial charge in [-0.3, -0.25) is 4.40 Å². The van der Waals surface area contributed by atoms with E-state index in [1.165, 1.54) is 0 Å². The number of hydrogen-bond donors (Lipinski definition) is 1. The first-order chi connectivity index (χ1) is 10.8. The molecule has 0 saturated heterocycles. The van der Waals surface area contributed by atoms with Crippen LogP contribution < -0.4 is 5.73 Å². The molecule has 0 bridgehead atoms. The van der Waals surface area contributed by atoms with Gasteiger partial charge in [-0.25, -0.2) is 9.97 Å². The second-order valence-electron chi connectivity index (χ2n) is 4.99. The van der Waals surface area contributed by atoms with Crippen LogP contribution in [0.1, 0.15) is 5.56 Å². The van der Waals surface area contributed by atoms with Crippen molar-refractivity contribution < 1.29 is 0 Å². The van der Waals surface area contributed by atoms with E-state index in [-0.39, 0.29) is 0 Å². The van der Waals surface area contributed by atoms with Crippen molar-refractivity contribution in [2.24, 2.45) is 0 Å². The Hall–Kier alpha value is -3.39. The highest BCUT2D eigenvalue weighted by molar-refractivity contribution is 5.83. The maximum Gasteiger partial charge on any atom is 0.180 e. The molecule has 0 spiro atoms. The van der Waals surface area contributed by atoms with E-state index >= 15 is 0 Å². The average Bonchev–Trinajstić information content (AvgIpc) is 3.01.